The van der Waals surface area contributed by atoms with Crippen LogP contribution in [0.4, 0.5) is 0 Å². The van der Waals surface area contributed by atoms with Crippen molar-refractivity contribution in [1.29, 1.82) is 0 Å². The van der Waals surface area contributed by atoms with E-state index >= 15 is 0 Å². The van der Waals surface area contributed by atoms with Crippen molar-refractivity contribution in [3.63, 3.8) is 0 Å². The summed E-state index contributed by atoms with van der Waals surface area (Å²) in [5.74, 6) is -1.72. The monoisotopic (exact) mass is 472 g/mol. The highest BCUT2D eigenvalue weighted by molar-refractivity contribution is 6.12. The molecule has 1 aliphatic rings. The summed E-state index contributed by atoms with van der Waals surface area (Å²) in [4.78, 5) is 38.3. The van der Waals surface area contributed by atoms with Gasteiger partial charge in [-0.05, 0) is 43.3 Å². The minimum atomic E-state index is -1.33. The average molecular weight is 472 g/mol. The second-order valence-corrected chi connectivity index (χ2v) is 8.41. The minimum Gasteiger partial charge on any atom is -0.459 e. The van der Waals surface area contributed by atoms with Crippen LogP contribution < -0.4 is 0 Å². The predicted molar refractivity (Wildman–Crippen MR) is 130 cm³/mol. The SMILES string of the molecule is B[C@@H]1O[C@H](COC(=O)c2ccccc2)[C@@H](OC(=O)c2ccccc2)[C@@]1(C)OC(=O)c1ccccc1. The van der Waals surface area contributed by atoms with E-state index in [1.807, 2.05) is 0 Å². The van der Waals surface area contributed by atoms with Gasteiger partial charge in [0.2, 0.25) is 0 Å². The molecule has 0 unspecified atom stereocenters. The summed E-state index contributed by atoms with van der Waals surface area (Å²) >= 11 is 0. The molecule has 0 N–H and O–H groups in total. The molecule has 1 saturated heterocycles. The number of ether oxygens (including phenoxy) is 4. The second-order valence-electron chi connectivity index (χ2n) is 8.41. The van der Waals surface area contributed by atoms with Crippen LogP contribution in [0.3, 0.4) is 0 Å². The largest absolute Gasteiger partial charge is 0.459 e. The molecule has 1 heterocycles. The minimum absolute atomic E-state index is 0.191. The van der Waals surface area contributed by atoms with E-state index in [1.165, 1.54) is 0 Å². The standard InChI is InChI=1S/C27H25BO7/c1-27(35-25(31)20-15-9-4-10-16-20)22(34-24(30)19-13-7-3-8-14-19)21(33-26(27)28)17-32-23(29)18-11-5-2-6-12-18/h2-16,21-22,26H,17,28H2,1H3/t21-,22-,26-,27-/m1/s1. The first kappa shape index (κ1) is 24.2. The lowest BCUT2D eigenvalue weighted by molar-refractivity contribution is -0.0783. The molecule has 0 radical (unpaired) electrons. The Labute approximate surface area is 204 Å². The summed E-state index contributed by atoms with van der Waals surface area (Å²) in [7, 11) is 1.72. The Hall–Kier alpha value is -3.91. The summed E-state index contributed by atoms with van der Waals surface area (Å²) in [5, 5.41) is 0. The first-order valence-electron chi connectivity index (χ1n) is 11.3. The van der Waals surface area contributed by atoms with Gasteiger partial charge >= 0.3 is 17.9 Å². The third kappa shape index (κ3) is 5.44. The highest BCUT2D eigenvalue weighted by Gasteiger charge is 2.57. The maximum Gasteiger partial charge on any atom is 0.338 e. The van der Waals surface area contributed by atoms with Crippen molar-refractivity contribution in [1.82, 2.24) is 0 Å². The molecule has 0 aromatic heterocycles. The average Bonchev–Trinajstić information content (AvgIpc) is 3.12. The van der Waals surface area contributed by atoms with Crippen LogP contribution in [0.5, 0.6) is 0 Å². The Bertz CT molecular complexity index is 1170. The topological polar surface area (TPSA) is 88.1 Å². The van der Waals surface area contributed by atoms with Gasteiger partial charge in [-0.2, -0.15) is 0 Å². The zero-order valence-electron chi connectivity index (χ0n) is 19.5. The van der Waals surface area contributed by atoms with Crippen LogP contribution >= 0.6 is 0 Å². The molecule has 1 aliphatic heterocycles. The van der Waals surface area contributed by atoms with Gasteiger partial charge in [-0.1, -0.05) is 54.6 Å². The van der Waals surface area contributed by atoms with Crippen molar-refractivity contribution in [3.05, 3.63) is 108 Å². The van der Waals surface area contributed by atoms with Gasteiger partial charge in [-0.3, -0.25) is 0 Å². The van der Waals surface area contributed by atoms with E-state index in [2.05, 4.69) is 0 Å². The Morgan fingerprint density at radius 2 is 1.23 bits per heavy atom. The van der Waals surface area contributed by atoms with Crippen LogP contribution in [0, 0.1) is 0 Å². The summed E-state index contributed by atoms with van der Waals surface area (Å²) in [6.07, 6.45) is -1.87. The molecule has 3 aromatic rings. The highest BCUT2D eigenvalue weighted by atomic mass is 16.7. The molecular weight excluding hydrogens is 447 g/mol. The van der Waals surface area contributed by atoms with Crippen LogP contribution in [-0.2, 0) is 18.9 Å². The molecule has 0 spiro atoms. The van der Waals surface area contributed by atoms with Crippen molar-refractivity contribution < 1.29 is 33.3 Å². The third-order valence-electron chi connectivity index (χ3n) is 6.04. The third-order valence-corrected chi connectivity index (χ3v) is 6.04. The number of benzene rings is 3. The summed E-state index contributed by atoms with van der Waals surface area (Å²) in [6, 6.07) is 24.9. The van der Waals surface area contributed by atoms with E-state index in [0.717, 1.165) is 0 Å². The van der Waals surface area contributed by atoms with Crippen molar-refractivity contribution in [3.8, 4) is 0 Å². The van der Waals surface area contributed by atoms with E-state index in [4.69, 9.17) is 18.9 Å². The number of carbonyl (C=O) groups is 3. The lowest BCUT2D eigenvalue weighted by Gasteiger charge is -2.33. The van der Waals surface area contributed by atoms with Crippen LogP contribution in [0.15, 0.2) is 91.0 Å². The number of esters is 3. The molecule has 3 aromatic carbocycles. The Balaban J connectivity index is 1.56. The first-order chi connectivity index (χ1) is 16.9. The second kappa shape index (κ2) is 10.6. The van der Waals surface area contributed by atoms with Gasteiger partial charge in [0.05, 0.1) is 22.7 Å². The lowest BCUT2D eigenvalue weighted by Crippen LogP contribution is -2.52. The number of rotatable bonds is 7. The van der Waals surface area contributed by atoms with E-state index < -0.39 is 41.7 Å². The Morgan fingerprint density at radius 3 is 1.74 bits per heavy atom. The molecule has 1 fully saturated rings. The summed E-state index contributed by atoms with van der Waals surface area (Å²) < 4.78 is 23.2. The van der Waals surface area contributed by atoms with Gasteiger partial charge in [0.25, 0.3) is 0 Å². The van der Waals surface area contributed by atoms with Gasteiger partial charge < -0.3 is 18.9 Å². The Kier molecular flexibility index (Phi) is 7.32. The predicted octanol–water partition coefficient (Wildman–Crippen LogP) is 3.04. The quantitative estimate of drug-likeness (QED) is 0.297. The maximum atomic E-state index is 12.9. The smallest absolute Gasteiger partial charge is 0.338 e. The van der Waals surface area contributed by atoms with Crippen LogP contribution in [0.25, 0.3) is 0 Å². The van der Waals surface area contributed by atoms with Gasteiger partial charge in [-0.15, -0.1) is 0 Å². The molecule has 7 nitrogen and oxygen atoms in total. The fourth-order valence-corrected chi connectivity index (χ4v) is 3.94. The van der Waals surface area contributed by atoms with Crippen molar-refractivity contribution in [2.75, 3.05) is 6.61 Å². The fourth-order valence-electron chi connectivity index (χ4n) is 3.94. The number of hydrogen-bond acceptors (Lipinski definition) is 7. The van der Waals surface area contributed by atoms with Gasteiger partial charge in [0.1, 0.15) is 20.6 Å². The normalized spacial score (nSPS) is 23.3. The van der Waals surface area contributed by atoms with Gasteiger partial charge in [0, 0.05) is 0 Å². The zero-order chi connectivity index (χ0) is 24.8. The molecule has 178 valence electrons. The summed E-state index contributed by atoms with van der Waals surface area (Å²) in [6.45, 7) is 1.46. The highest BCUT2D eigenvalue weighted by Crippen LogP contribution is 2.37. The summed E-state index contributed by atoms with van der Waals surface area (Å²) in [5.41, 5.74) is -0.257. The molecule has 4 atom stereocenters. The maximum absolute atomic E-state index is 12.9. The van der Waals surface area contributed by atoms with Crippen LogP contribution in [0.1, 0.15) is 38.0 Å². The number of hydrogen-bond donors (Lipinski definition) is 0. The molecule has 4 rings (SSSR count). The molecule has 0 bridgehead atoms. The Morgan fingerprint density at radius 1 is 0.771 bits per heavy atom. The molecule has 0 saturated carbocycles. The van der Waals surface area contributed by atoms with Crippen LogP contribution in [0.2, 0.25) is 0 Å². The molecule has 0 aliphatic carbocycles. The van der Waals surface area contributed by atoms with E-state index in [1.54, 1.807) is 106 Å². The molecular formula is C27H25BO7. The van der Waals surface area contributed by atoms with Gasteiger partial charge in [0.15, 0.2) is 11.7 Å². The lowest BCUT2D eigenvalue weighted by atomic mass is 9.81. The van der Waals surface area contributed by atoms with Crippen molar-refractivity contribution in [2.24, 2.45) is 0 Å². The fraction of sp³-hybridized carbons (Fsp3) is 0.222. The van der Waals surface area contributed by atoms with Crippen molar-refractivity contribution in [2.45, 2.75) is 30.7 Å². The molecule has 8 heteroatoms. The van der Waals surface area contributed by atoms with Crippen molar-refractivity contribution >= 4 is 25.8 Å². The van der Waals surface area contributed by atoms with E-state index in [-0.39, 0.29) is 6.61 Å². The first-order valence-corrected chi connectivity index (χ1v) is 11.3. The van der Waals surface area contributed by atoms with E-state index in [0.29, 0.717) is 16.7 Å². The van der Waals surface area contributed by atoms with E-state index in [9.17, 15) is 14.4 Å². The number of carbonyl (C=O) groups excluding carboxylic acids is 3. The molecule has 35 heavy (non-hydrogen) atoms. The van der Waals surface area contributed by atoms with Crippen LogP contribution in [-0.4, -0.2) is 56.2 Å². The zero-order valence-corrected chi connectivity index (χ0v) is 19.5. The van der Waals surface area contributed by atoms with Gasteiger partial charge in [-0.25, -0.2) is 14.4 Å². The molecule has 0 amide bonds.